The van der Waals surface area contributed by atoms with E-state index in [0.717, 1.165) is 37.0 Å². The van der Waals surface area contributed by atoms with E-state index < -0.39 is 45.2 Å². The predicted molar refractivity (Wildman–Crippen MR) is 139 cm³/mol. The van der Waals surface area contributed by atoms with Crippen molar-refractivity contribution in [3.05, 3.63) is 35.4 Å². The summed E-state index contributed by atoms with van der Waals surface area (Å²) < 4.78 is 5.32. The Bertz CT molecular complexity index is 1290. The SMILES string of the molecule is COc1cccc(C2C3=CCC4C(=O)N(C5CCCCC5)C(=O)C4C3CC3(Cl)C(=O)N(C)C(=O)C23Cl)c1O. The molecule has 1 aromatic rings. The summed E-state index contributed by atoms with van der Waals surface area (Å²) in [6, 6.07) is 4.76. The lowest BCUT2D eigenvalue weighted by molar-refractivity contribution is -0.144. The van der Waals surface area contributed by atoms with Crippen molar-refractivity contribution in [1.29, 1.82) is 0 Å². The quantitative estimate of drug-likeness (QED) is 0.343. The van der Waals surface area contributed by atoms with Crippen LogP contribution in [0.15, 0.2) is 29.8 Å². The number of phenols is 1. The maximum absolute atomic E-state index is 14.0. The number of aromatic hydroxyl groups is 1. The molecule has 0 aromatic heterocycles. The summed E-state index contributed by atoms with van der Waals surface area (Å²) in [6.07, 6.45) is 6.77. The van der Waals surface area contributed by atoms with Crippen LogP contribution in [0.25, 0.3) is 0 Å². The summed E-state index contributed by atoms with van der Waals surface area (Å²) in [7, 11) is 2.76. The van der Waals surface area contributed by atoms with E-state index >= 15 is 0 Å². The number of para-hydroxylation sites is 1. The number of rotatable bonds is 3. The number of carbonyl (C=O) groups is 4. The van der Waals surface area contributed by atoms with Gasteiger partial charge in [-0.05, 0) is 37.7 Å². The minimum atomic E-state index is -1.94. The van der Waals surface area contributed by atoms with E-state index in [1.54, 1.807) is 18.2 Å². The lowest BCUT2D eigenvalue weighted by Crippen LogP contribution is -2.60. The molecular formula is C28H30Cl2N2O6. The summed E-state index contributed by atoms with van der Waals surface area (Å²) in [6.45, 7) is 0. The highest BCUT2D eigenvalue weighted by molar-refractivity contribution is 6.53. The number of alkyl halides is 2. The Labute approximate surface area is 230 Å². The standard InChI is InChI=1S/C28H30Cl2N2O6/c1-31-25(36)27(29)13-18-15(21(28(27,30)26(31)37)17-9-6-10-19(38-2)22(17)33)11-12-16-20(18)24(35)32(23(16)34)14-7-4-3-5-8-14/h6,9-11,14,16,18,20-21,33H,3-5,7-8,12-13H2,1-2H3. The molecule has 6 atom stereocenters. The summed E-state index contributed by atoms with van der Waals surface area (Å²) in [5.74, 6) is -4.60. The van der Waals surface area contributed by atoms with E-state index in [-0.39, 0.29) is 41.3 Å². The van der Waals surface area contributed by atoms with Gasteiger partial charge >= 0.3 is 0 Å². The molecule has 2 saturated heterocycles. The van der Waals surface area contributed by atoms with Gasteiger partial charge in [-0.3, -0.25) is 29.0 Å². The second-order valence-corrected chi connectivity index (χ2v) is 12.5. The van der Waals surface area contributed by atoms with Gasteiger partial charge in [0, 0.05) is 24.6 Å². The molecule has 2 heterocycles. The molecule has 6 rings (SSSR count). The first-order chi connectivity index (χ1) is 18.1. The molecule has 1 aromatic carbocycles. The fourth-order valence-electron chi connectivity index (χ4n) is 7.75. The Balaban J connectivity index is 1.51. The zero-order valence-corrected chi connectivity index (χ0v) is 22.8. The number of hydrogen-bond donors (Lipinski definition) is 1. The summed E-state index contributed by atoms with van der Waals surface area (Å²) in [5.41, 5.74) is 0.945. The molecule has 0 radical (unpaired) electrons. The fraction of sp³-hybridized carbons (Fsp3) is 0.571. The van der Waals surface area contributed by atoms with Crippen molar-refractivity contribution in [2.75, 3.05) is 14.2 Å². The zero-order chi connectivity index (χ0) is 27.1. The van der Waals surface area contributed by atoms with Gasteiger partial charge in [-0.1, -0.05) is 43.0 Å². The highest BCUT2D eigenvalue weighted by Gasteiger charge is 2.76. The van der Waals surface area contributed by atoms with Crippen molar-refractivity contribution in [3.63, 3.8) is 0 Å². The molecule has 2 aliphatic heterocycles. The van der Waals surface area contributed by atoms with Crippen LogP contribution in [0.3, 0.4) is 0 Å². The molecule has 4 amide bonds. The number of benzene rings is 1. The van der Waals surface area contributed by atoms with Crippen molar-refractivity contribution in [3.8, 4) is 11.5 Å². The van der Waals surface area contributed by atoms with E-state index in [2.05, 4.69) is 0 Å². The first kappa shape index (κ1) is 25.7. The molecule has 10 heteroatoms. The third-order valence-corrected chi connectivity index (χ3v) is 11.0. The van der Waals surface area contributed by atoms with Crippen LogP contribution in [-0.2, 0) is 19.2 Å². The molecule has 0 spiro atoms. The largest absolute Gasteiger partial charge is 0.504 e. The minimum absolute atomic E-state index is 0.0568. The van der Waals surface area contributed by atoms with Crippen LogP contribution in [0.5, 0.6) is 11.5 Å². The smallest absolute Gasteiger partial charge is 0.253 e. The summed E-state index contributed by atoms with van der Waals surface area (Å²) in [4.78, 5) is 53.3. The third-order valence-electron chi connectivity index (χ3n) is 9.55. The first-order valence-electron chi connectivity index (χ1n) is 13.2. The topological polar surface area (TPSA) is 104 Å². The molecule has 8 nitrogen and oxygen atoms in total. The van der Waals surface area contributed by atoms with Gasteiger partial charge in [0.2, 0.25) is 11.8 Å². The molecule has 5 aliphatic rings. The second-order valence-electron chi connectivity index (χ2n) is 11.2. The summed E-state index contributed by atoms with van der Waals surface area (Å²) >= 11 is 14.3. The van der Waals surface area contributed by atoms with E-state index in [1.807, 2.05) is 6.08 Å². The van der Waals surface area contributed by atoms with E-state index in [1.165, 1.54) is 19.1 Å². The van der Waals surface area contributed by atoms with Gasteiger partial charge in [-0.2, -0.15) is 0 Å². The van der Waals surface area contributed by atoms with E-state index in [9.17, 15) is 24.3 Å². The van der Waals surface area contributed by atoms with Gasteiger partial charge < -0.3 is 9.84 Å². The number of methoxy groups -OCH3 is 1. The molecule has 6 unspecified atom stereocenters. The number of amides is 4. The number of phenolic OH excluding ortho intramolecular Hbond substituents is 1. The van der Waals surface area contributed by atoms with Gasteiger partial charge in [-0.25, -0.2) is 0 Å². The second kappa shape index (κ2) is 8.71. The van der Waals surface area contributed by atoms with Gasteiger partial charge in [0.15, 0.2) is 21.2 Å². The number of hydrogen-bond acceptors (Lipinski definition) is 6. The van der Waals surface area contributed by atoms with Gasteiger partial charge in [0.05, 0.1) is 18.9 Å². The third kappa shape index (κ3) is 3.10. The first-order valence-corrected chi connectivity index (χ1v) is 14.0. The Hall–Kier alpha value is -2.58. The lowest BCUT2D eigenvalue weighted by Gasteiger charge is -2.50. The van der Waals surface area contributed by atoms with Crippen molar-refractivity contribution in [2.24, 2.45) is 17.8 Å². The number of halogens is 2. The van der Waals surface area contributed by atoms with Gasteiger partial charge in [-0.15, -0.1) is 23.2 Å². The highest BCUT2D eigenvalue weighted by atomic mass is 35.5. The molecule has 4 fully saturated rings. The monoisotopic (exact) mass is 560 g/mol. The van der Waals surface area contributed by atoms with Crippen LogP contribution < -0.4 is 4.74 Å². The number of imide groups is 2. The number of likely N-dealkylation sites (tertiary alicyclic amines) is 2. The Kier molecular flexibility index (Phi) is 5.89. The number of allylic oxidation sites excluding steroid dienone is 2. The fourth-order valence-corrected chi connectivity index (χ4v) is 8.76. The van der Waals surface area contributed by atoms with Crippen LogP contribution in [0.2, 0.25) is 0 Å². The maximum Gasteiger partial charge on any atom is 0.253 e. The minimum Gasteiger partial charge on any atom is -0.504 e. The van der Waals surface area contributed by atoms with E-state index in [4.69, 9.17) is 27.9 Å². The van der Waals surface area contributed by atoms with Crippen LogP contribution in [-0.4, -0.2) is 68.5 Å². The van der Waals surface area contributed by atoms with Crippen molar-refractivity contribution in [2.45, 2.75) is 66.7 Å². The molecule has 38 heavy (non-hydrogen) atoms. The molecule has 1 N–H and O–H groups in total. The normalized spacial score (nSPS) is 37.2. The van der Waals surface area contributed by atoms with Crippen molar-refractivity contribution < 1.29 is 29.0 Å². The number of ether oxygens (including phenoxy) is 1. The van der Waals surface area contributed by atoms with Crippen LogP contribution in [0, 0.1) is 17.8 Å². The average Bonchev–Trinajstić information content (AvgIpc) is 3.24. The molecule has 0 bridgehead atoms. The molecule has 202 valence electrons. The number of fused-ring (bicyclic) bond motifs is 4. The lowest BCUT2D eigenvalue weighted by atomic mass is 9.56. The van der Waals surface area contributed by atoms with Crippen LogP contribution >= 0.6 is 23.2 Å². The Morgan fingerprint density at radius 1 is 1.00 bits per heavy atom. The van der Waals surface area contributed by atoms with Gasteiger partial charge in [0.1, 0.15) is 0 Å². The molecular weight excluding hydrogens is 531 g/mol. The van der Waals surface area contributed by atoms with Crippen LogP contribution in [0.4, 0.5) is 0 Å². The highest BCUT2D eigenvalue weighted by Crippen LogP contribution is 2.66. The summed E-state index contributed by atoms with van der Waals surface area (Å²) in [5, 5.41) is 11.2. The Morgan fingerprint density at radius 3 is 2.39 bits per heavy atom. The van der Waals surface area contributed by atoms with Gasteiger partial charge in [0.25, 0.3) is 11.8 Å². The number of nitrogens with zero attached hydrogens (tertiary/aromatic N) is 2. The predicted octanol–water partition coefficient (Wildman–Crippen LogP) is 3.72. The van der Waals surface area contributed by atoms with Crippen molar-refractivity contribution >= 4 is 46.8 Å². The van der Waals surface area contributed by atoms with Crippen molar-refractivity contribution in [1.82, 2.24) is 9.80 Å². The number of carbonyl (C=O) groups excluding carboxylic acids is 4. The van der Waals surface area contributed by atoms with Crippen LogP contribution in [0.1, 0.15) is 56.4 Å². The molecule has 3 aliphatic carbocycles. The van der Waals surface area contributed by atoms with E-state index in [0.29, 0.717) is 12.0 Å². The maximum atomic E-state index is 14.0. The average molecular weight is 561 g/mol. The Morgan fingerprint density at radius 2 is 1.71 bits per heavy atom. The molecule has 2 saturated carbocycles. The zero-order valence-electron chi connectivity index (χ0n) is 21.3.